The monoisotopic (exact) mass is 330 g/mol. The molecule has 0 aliphatic rings. The number of anilines is 1. The molecule has 0 aliphatic heterocycles. The van der Waals surface area contributed by atoms with Crippen LogP contribution in [0.2, 0.25) is 0 Å². The van der Waals surface area contributed by atoms with E-state index in [1.54, 1.807) is 0 Å². The summed E-state index contributed by atoms with van der Waals surface area (Å²) in [5, 5.41) is 16.3. The second kappa shape index (κ2) is 6.82. The Kier molecular flexibility index (Phi) is 4.41. The summed E-state index contributed by atoms with van der Waals surface area (Å²) in [4.78, 5) is 11.8. The zero-order chi connectivity index (χ0) is 16.9. The molecular formula is C15H12F2N6O. The third-order valence-electron chi connectivity index (χ3n) is 3.11. The topological polar surface area (TPSA) is 84.7 Å². The van der Waals surface area contributed by atoms with Gasteiger partial charge in [0.25, 0.3) is 0 Å². The van der Waals surface area contributed by atoms with Crippen molar-refractivity contribution in [2.75, 3.05) is 5.32 Å². The van der Waals surface area contributed by atoms with Crippen molar-refractivity contribution in [2.24, 2.45) is 0 Å². The van der Waals surface area contributed by atoms with Gasteiger partial charge in [-0.25, -0.2) is 13.6 Å². The minimum Gasteiger partial charge on any atom is -0.330 e. The highest BCUT2D eigenvalue weighted by molar-refractivity contribution is 5.89. The van der Waals surface area contributed by atoms with E-state index in [2.05, 4.69) is 26.2 Å². The molecule has 0 saturated carbocycles. The number of aromatic nitrogens is 4. The van der Waals surface area contributed by atoms with Gasteiger partial charge >= 0.3 is 6.03 Å². The Bertz CT molecular complexity index is 832. The average Bonchev–Trinajstić information content (AvgIpc) is 3.04. The fourth-order valence-electron chi connectivity index (χ4n) is 1.97. The van der Waals surface area contributed by atoms with Crippen molar-refractivity contribution in [3.63, 3.8) is 0 Å². The maximum absolute atomic E-state index is 13.0. The smallest absolute Gasteiger partial charge is 0.319 e. The van der Waals surface area contributed by atoms with Gasteiger partial charge in [-0.15, -0.1) is 5.10 Å². The molecule has 0 atom stereocenters. The van der Waals surface area contributed by atoms with Crippen LogP contribution >= 0.6 is 0 Å². The summed E-state index contributed by atoms with van der Waals surface area (Å²) in [6, 6.07) is 10.5. The van der Waals surface area contributed by atoms with Gasteiger partial charge in [-0.3, -0.25) is 0 Å². The summed E-state index contributed by atoms with van der Waals surface area (Å²) in [6.45, 7) is 0.0530. The molecule has 1 heterocycles. The highest BCUT2D eigenvalue weighted by atomic mass is 19.1. The molecule has 0 radical (unpaired) electrons. The summed E-state index contributed by atoms with van der Waals surface area (Å²) < 4.78 is 27.2. The van der Waals surface area contributed by atoms with Crippen LogP contribution < -0.4 is 10.6 Å². The first-order valence-corrected chi connectivity index (χ1v) is 6.95. The van der Waals surface area contributed by atoms with Crippen LogP contribution in [0.1, 0.15) is 5.82 Å². The predicted molar refractivity (Wildman–Crippen MR) is 81.4 cm³/mol. The van der Waals surface area contributed by atoms with Crippen molar-refractivity contribution < 1.29 is 13.6 Å². The van der Waals surface area contributed by atoms with E-state index in [1.807, 2.05) is 0 Å². The first kappa shape index (κ1) is 15.5. The summed E-state index contributed by atoms with van der Waals surface area (Å²) in [5.41, 5.74) is 1.02. The lowest BCUT2D eigenvalue weighted by atomic mass is 10.3. The molecule has 0 unspecified atom stereocenters. The van der Waals surface area contributed by atoms with Crippen LogP contribution in [0.3, 0.4) is 0 Å². The van der Waals surface area contributed by atoms with Crippen LogP contribution in [0, 0.1) is 11.6 Å². The molecule has 122 valence electrons. The minimum absolute atomic E-state index is 0.0530. The van der Waals surface area contributed by atoms with E-state index in [4.69, 9.17) is 0 Å². The predicted octanol–water partition coefficient (Wildman–Crippen LogP) is 2.26. The Hall–Kier alpha value is -3.36. The van der Waals surface area contributed by atoms with E-state index in [1.165, 1.54) is 53.2 Å². The number of urea groups is 1. The first-order valence-electron chi connectivity index (χ1n) is 6.95. The zero-order valence-corrected chi connectivity index (χ0v) is 12.3. The fourth-order valence-corrected chi connectivity index (χ4v) is 1.97. The van der Waals surface area contributed by atoms with Gasteiger partial charge in [0.2, 0.25) is 0 Å². The summed E-state index contributed by atoms with van der Waals surface area (Å²) in [5.74, 6) is -0.388. The Balaban J connectivity index is 1.63. The summed E-state index contributed by atoms with van der Waals surface area (Å²) in [6.07, 6.45) is 0. The van der Waals surface area contributed by atoms with E-state index in [0.29, 0.717) is 17.2 Å². The Morgan fingerprint density at radius 2 is 1.62 bits per heavy atom. The van der Waals surface area contributed by atoms with E-state index >= 15 is 0 Å². The Morgan fingerprint density at radius 1 is 1.00 bits per heavy atom. The number of tetrazole rings is 1. The Morgan fingerprint density at radius 3 is 2.29 bits per heavy atom. The van der Waals surface area contributed by atoms with Crippen molar-refractivity contribution >= 4 is 11.7 Å². The van der Waals surface area contributed by atoms with Gasteiger partial charge in [0, 0.05) is 5.69 Å². The van der Waals surface area contributed by atoms with E-state index in [9.17, 15) is 13.6 Å². The quantitative estimate of drug-likeness (QED) is 0.768. The van der Waals surface area contributed by atoms with E-state index < -0.39 is 6.03 Å². The van der Waals surface area contributed by atoms with Gasteiger partial charge in [-0.1, -0.05) is 0 Å². The minimum atomic E-state index is -0.490. The number of benzene rings is 2. The van der Waals surface area contributed by atoms with Crippen LogP contribution in [0.15, 0.2) is 48.5 Å². The maximum atomic E-state index is 13.0. The van der Waals surface area contributed by atoms with Gasteiger partial charge in [0.1, 0.15) is 11.6 Å². The zero-order valence-electron chi connectivity index (χ0n) is 12.3. The van der Waals surface area contributed by atoms with Crippen LogP contribution in [0.4, 0.5) is 19.3 Å². The van der Waals surface area contributed by atoms with Crippen LogP contribution in [-0.4, -0.2) is 26.2 Å². The van der Waals surface area contributed by atoms with Crippen molar-refractivity contribution in [3.05, 3.63) is 66.0 Å². The molecule has 9 heteroatoms. The van der Waals surface area contributed by atoms with Gasteiger partial charge in [0.15, 0.2) is 5.82 Å². The number of amides is 2. The highest BCUT2D eigenvalue weighted by Crippen LogP contribution is 2.10. The first-order chi connectivity index (χ1) is 11.6. The number of rotatable bonds is 4. The lowest BCUT2D eigenvalue weighted by molar-refractivity contribution is 0.251. The third-order valence-corrected chi connectivity index (χ3v) is 3.11. The number of nitrogens with zero attached hydrogens (tertiary/aromatic N) is 4. The maximum Gasteiger partial charge on any atom is 0.319 e. The van der Waals surface area contributed by atoms with Crippen molar-refractivity contribution in [1.29, 1.82) is 0 Å². The van der Waals surface area contributed by atoms with Gasteiger partial charge < -0.3 is 10.6 Å². The standard InChI is InChI=1S/C15H12F2N6O/c16-10-1-5-12(6-2-10)19-15(24)18-9-14-20-21-22-23(14)13-7-3-11(17)4-8-13/h1-8H,9H2,(H2,18,19,24). The summed E-state index contributed by atoms with van der Waals surface area (Å²) >= 11 is 0. The van der Waals surface area contributed by atoms with E-state index in [-0.39, 0.29) is 18.2 Å². The Labute approximate surface area is 135 Å². The molecule has 0 spiro atoms. The largest absolute Gasteiger partial charge is 0.330 e. The number of carbonyl (C=O) groups excluding carboxylic acids is 1. The third kappa shape index (κ3) is 3.69. The van der Waals surface area contributed by atoms with Crippen molar-refractivity contribution in [2.45, 2.75) is 6.54 Å². The van der Waals surface area contributed by atoms with Crippen LogP contribution in [-0.2, 0) is 6.54 Å². The van der Waals surface area contributed by atoms with E-state index in [0.717, 1.165) is 0 Å². The number of hydrogen-bond donors (Lipinski definition) is 2. The SMILES string of the molecule is O=C(NCc1nnnn1-c1ccc(F)cc1)Nc1ccc(F)cc1. The number of carbonyl (C=O) groups is 1. The molecule has 2 aromatic carbocycles. The molecular weight excluding hydrogens is 318 g/mol. The second-order valence-electron chi connectivity index (χ2n) is 4.80. The molecule has 3 aromatic rings. The highest BCUT2D eigenvalue weighted by Gasteiger charge is 2.10. The number of halogens is 2. The molecule has 0 aliphatic carbocycles. The van der Waals surface area contributed by atoms with Gasteiger partial charge in [-0.05, 0) is 59.0 Å². The number of hydrogen-bond acceptors (Lipinski definition) is 4. The average molecular weight is 330 g/mol. The van der Waals surface area contributed by atoms with Crippen LogP contribution in [0.5, 0.6) is 0 Å². The normalized spacial score (nSPS) is 10.4. The molecule has 1 aromatic heterocycles. The summed E-state index contributed by atoms with van der Waals surface area (Å²) in [7, 11) is 0. The van der Waals surface area contributed by atoms with Gasteiger partial charge in [0.05, 0.1) is 12.2 Å². The lowest BCUT2D eigenvalue weighted by Crippen LogP contribution is -2.29. The molecule has 24 heavy (non-hydrogen) atoms. The molecule has 0 bridgehead atoms. The molecule has 2 N–H and O–H groups in total. The molecule has 3 rings (SSSR count). The number of nitrogens with one attached hydrogen (secondary N) is 2. The van der Waals surface area contributed by atoms with Crippen LogP contribution in [0.25, 0.3) is 5.69 Å². The van der Waals surface area contributed by atoms with Crippen molar-refractivity contribution in [3.8, 4) is 5.69 Å². The van der Waals surface area contributed by atoms with Crippen molar-refractivity contribution in [1.82, 2.24) is 25.5 Å². The molecule has 2 amide bonds. The molecule has 7 nitrogen and oxygen atoms in total. The molecule has 0 fully saturated rings. The lowest BCUT2D eigenvalue weighted by Gasteiger charge is -2.08. The molecule has 0 saturated heterocycles. The fraction of sp³-hybridized carbons (Fsp3) is 0.0667. The second-order valence-corrected chi connectivity index (χ2v) is 4.80. The van der Waals surface area contributed by atoms with Gasteiger partial charge in [-0.2, -0.15) is 4.68 Å².